The third-order valence-electron chi connectivity index (χ3n) is 2.75. The van der Waals surface area contributed by atoms with Gasteiger partial charge in [0.1, 0.15) is 0 Å². The number of nitrogens with zero attached hydrogens (tertiary/aromatic N) is 4. The van der Waals surface area contributed by atoms with Crippen LogP contribution in [0.3, 0.4) is 0 Å². The fourth-order valence-corrected chi connectivity index (χ4v) is 2.32. The van der Waals surface area contributed by atoms with Crippen molar-refractivity contribution in [1.29, 1.82) is 0 Å². The Hall–Kier alpha value is -2.62. The van der Waals surface area contributed by atoms with Crippen molar-refractivity contribution in [2.45, 2.75) is 18.5 Å². The van der Waals surface area contributed by atoms with Crippen molar-refractivity contribution in [3.05, 3.63) is 40.2 Å². The maximum absolute atomic E-state index is 11.8. The van der Waals surface area contributed by atoms with Gasteiger partial charge in [-0.05, 0) is 12.1 Å². The number of carbonyl (C=O) groups excluding carboxylic acids is 1. The van der Waals surface area contributed by atoms with Crippen LogP contribution in [0.4, 0.5) is 11.4 Å². The average molecular weight is 322 g/mol. The van der Waals surface area contributed by atoms with E-state index in [0.29, 0.717) is 23.1 Å². The van der Waals surface area contributed by atoms with E-state index in [9.17, 15) is 14.9 Å². The highest BCUT2D eigenvalue weighted by Crippen LogP contribution is 2.17. The van der Waals surface area contributed by atoms with Crippen LogP contribution in [0.25, 0.3) is 0 Å². The molecule has 0 saturated heterocycles. The van der Waals surface area contributed by atoms with Crippen molar-refractivity contribution in [3.8, 4) is 0 Å². The number of carbonyl (C=O) groups is 1. The van der Waals surface area contributed by atoms with Crippen molar-refractivity contribution in [2.75, 3.05) is 16.9 Å². The zero-order chi connectivity index (χ0) is 16.1. The molecule has 1 aromatic heterocycles. The SMILES string of the molecule is CCc1nnc(SCC(=O)Nc2ccc([N+](=O)[O-])cc2)n1N. The molecule has 0 aliphatic carbocycles. The lowest BCUT2D eigenvalue weighted by Crippen LogP contribution is -2.17. The van der Waals surface area contributed by atoms with Gasteiger partial charge in [0.15, 0.2) is 5.82 Å². The summed E-state index contributed by atoms with van der Waals surface area (Å²) in [6.07, 6.45) is 0.652. The minimum Gasteiger partial charge on any atom is -0.336 e. The number of anilines is 1. The molecule has 2 rings (SSSR count). The van der Waals surface area contributed by atoms with Gasteiger partial charge in [-0.25, -0.2) is 4.68 Å². The summed E-state index contributed by atoms with van der Waals surface area (Å²) >= 11 is 1.16. The zero-order valence-electron chi connectivity index (χ0n) is 11.7. The number of aromatic nitrogens is 3. The molecule has 1 heterocycles. The number of thioether (sulfide) groups is 1. The summed E-state index contributed by atoms with van der Waals surface area (Å²) in [5, 5.41) is 21.4. The van der Waals surface area contributed by atoms with Crippen LogP contribution in [0.5, 0.6) is 0 Å². The number of nitrogens with two attached hydrogens (primary N) is 1. The first-order chi connectivity index (χ1) is 10.5. The summed E-state index contributed by atoms with van der Waals surface area (Å²) in [6, 6.07) is 5.60. The molecule has 0 unspecified atom stereocenters. The number of non-ortho nitro benzene ring substituents is 1. The molecule has 0 aliphatic heterocycles. The number of nitro benzene ring substituents is 1. The lowest BCUT2D eigenvalue weighted by Gasteiger charge is -2.05. The lowest BCUT2D eigenvalue weighted by molar-refractivity contribution is -0.384. The van der Waals surface area contributed by atoms with Crippen LogP contribution in [0, 0.1) is 10.1 Å². The van der Waals surface area contributed by atoms with Crippen molar-refractivity contribution in [3.63, 3.8) is 0 Å². The second-order valence-corrected chi connectivity index (χ2v) is 5.21. The molecule has 0 fully saturated rings. The monoisotopic (exact) mass is 322 g/mol. The van der Waals surface area contributed by atoms with Crippen LogP contribution in [0.15, 0.2) is 29.4 Å². The van der Waals surface area contributed by atoms with Gasteiger partial charge in [-0.2, -0.15) is 0 Å². The van der Waals surface area contributed by atoms with E-state index in [2.05, 4.69) is 15.5 Å². The Morgan fingerprint density at radius 2 is 2.09 bits per heavy atom. The fraction of sp³-hybridized carbons (Fsp3) is 0.250. The number of hydrogen-bond acceptors (Lipinski definition) is 7. The van der Waals surface area contributed by atoms with Gasteiger partial charge in [0.2, 0.25) is 11.1 Å². The summed E-state index contributed by atoms with van der Waals surface area (Å²) in [6.45, 7) is 1.91. The molecule has 22 heavy (non-hydrogen) atoms. The number of nitrogen functional groups attached to an aromatic ring is 1. The number of aryl methyl sites for hydroxylation is 1. The van der Waals surface area contributed by atoms with Crippen LogP contribution in [0.1, 0.15) is 12.7 Å². The summed E-state index contributed by atoms with van der Waals surface area (Å²) in [5.74, 6) is 6.25. The van der Waals surface area contributed by atoms with Crippen LogP contribution in [-0.4, -0.2) is 31.5 Å². The third-order valence-corrected chi connectivity index (χ3v) is 3.69. The normalized spacial score (nSPS) is 10.4. The van der Waals surface area contributed by atoms with Crippen LogP contribution < -0.4 is 11.2 Å². The molecule has 1 amide bonds. The summed E-state index contributed by atoms with van der Waals surface area (Å²) < 4.78 is 1.35. The highest BCUT2D eigenvalue weighted by molar-refractivity contribution is 7.99. The molecule has 10 heteroatoms. The van der Waals surface area contributed by atoms with Gasteiger partial charge in [-0.1, -0.05) is 18.7 Å². The predicted octanol–water partition coefficient (Wildman–Crippen LogP) is 1.19. The summed E-state index contributed by atoms with van der Waals surface area (Å²) in [7, 11) is 0. The molecule has 0 saturated carbocycles. The highest BCUT2D eigenvalue weighted by atomic mass is 32.2. The summed E-state index contributed by atoms with van der Waals surface area (Å²) in [4.78, 5) is 21.9. The smallest absolute Gasteiger partial charge is 0.269 e. The lowest BCUT2D eigenvalue weighted by atomic mass is 10.3. The quantitative estimate of drug-likeness (QED) is 0.354. The molecule has 116 valence electrons. The molecule has 2 aromatic rings. The first-order valence-electron chi connectivity index (χ1n) is 6.37. The second-order valence-electron chi connectivity index (χ2n) is 4.26. The fourth-order valence-electron chi connectivity index (χ4n) is 1.64. The van der Waals surface area contributed by atoms with Crippen molar-refractivity contribution >= 4 is 29.0 Å². The second kappa shape index (κ2) is 6.89. The number of rotatable bonds is 6. The van der Waals surface area contributed by atoms with E-state index in [4.69, 9.17) is 5.84 Å². The van der Waals surface area contributed by atoms with E-state index in [1.807, 2.05) is 6.92 Å². The molecule has 0 bridgehead atoms. The number of nitrogens with one attached hydrogen (secondary N) is 1. The maximum Gasteiger partial charge on any atom is 0.269 e. The molecular weight excluding hydrogens is 308 g/mol. The van der Waals surface area contributed by atoms with E-state index in [1.54, 1.807) is 0 Å². The first-order valence-corrected chi connectivity index (χ1v) is 7.36. The zero-order valence-corrected chi connectivity index (χ0v) is 12.5. The van der Waals surface area contributed by atoms with Crippen molar-refractivity contribution in [1.82, 2.24) is 14.9 Å². The Morgan fingerprint density at radius 1 is 1.41 bits per heavy atom. The van der Waals surface area contributed by atoms with Gasteiger partial charge < -0.3 is 11.2 Å². The van der Waals surface area contributed by atoms with Crippen LogP contribution in [-0.2, 0) is 11.2 Å². The first kappa shape index (κ1) is 15.8. The Kier molecular flexibility index (Phi) is 4.94. The molecule has 9 nitrogen and oxygen atoms in total. The molecular formula is C12H14N6O3S. The van der Waals surface area contributed by atoms with Gasteiger partial charge in [0, 0.05) is 24.2 Å². The number of benzene rings is 1. The van der Waals surface area contributed by atoms with Crippen molar-refractivity contribution in [2.24, 2.45) is 0 Å². The minimum atomic E-state index is -0.499. The standard InChI is InChI=1S/C12H14N6O3S/c1-2-10-15-16-12(17(10)13)22-7-11(19)14-8-3-5-9(6-4-8)18(20)21/h3-6H,2,7,13H2,1H3,(H,14,19). The Labute approximate surface area is 130 Å². The van der Waals surface area contributed by atoms with E-state index in [-0.39, 0.29) is 17.3 Å². The number of hydrogen-bond donors (Lipinski definition) is 2. The van der Waals surface area contributed by atoms with Gasteiger partial charge in [-0.3, -0.25) is 14.9 Å². The largest absolute Gasteiger partial charge is 0.336 e. The van der Waals surface area contributed by atoms with Gasteiger partial charge in [0.25, 0.3) is 5.69 Å². The van der Waals surface area contributed by atoms with Gasteiger partial charge >= 0.3 is 0 Å². The average Bonchev–Trinajstić information content (AvgIpc) is 2.86. The van der Waals surface area contributed by atoms with E-state index in [0.717, 1.165) is 11.8 Å². The highest BCUT2D eigenvalue weighted by Gasteiger charge is 2.11. The molecule has 3 N–H and O–H groups in total. The molecule has 0 aliphatic rings. The number of nitro groups is 1. The topological polar surface area (TPSA) is 129 Å². The molecule has 0 spiro atoms. The van der Waals surface area contributed by atoms with Crippen LogP contribution in [0.2, 0.25) is 0 Å². The van der Waals surface area contributed by atoms with Crippen molar-refractivity contribution < 1.29 is 9.72 Å². The minimum absolute atomic E-state index is 0.0318. The Morgan fingerprint density at radius 3 is 2.64 bits per heavy atom. The van der Waals surface area contributed by atoms with Gasteiger partial charge in [-0.15, -0.1) is 10.2 Å². The van der Waals surface area contributed by atoms with E-state index >= 15 is 0 Å². The molecule has 0 atom stereocenters. The van der Waals surface area contributed by atoms with E-state index in [1.165, 1.54) is 28.9 Å². The van der Waals surface area contributed by atoms with Crippen LogP contribution >= 0.6 is 11.8 Å². The Bertz CT molecular complexity index is 685. The van der Waals surface area contributed by atoms with E-state index < -0.39 is 4.92 Å². The molecule has 0 radical (unpaired) electrons. The maximum atomic E-state index is 11.8. The third kappa shape index (κ3) is 3.73. The Balaban J connectivity index is 1.90. The summed E-state index contributed by atoms with van der Waals surface area (Å²) in [5.41, 5.74) is 0.454. The number of amides is 1. The predicted molar refractivity (Wildman–Crippen MR) is 82.0 cm³/mol. The molecule has 1 aromatic carbocycles. The van der Waals surface area contributed by atoms with Gasteiger partial charge in [0.05, 0.1) is 10.7 Å².